The summed E-state index contributed by atoms with van der Waals surface area (Å²) < 4.78 is 48.7. The zero-order valence-corrected chi connectivity index (χ0v) is 16.0. The van der Waals surface area contributed by atoms with Crippen LogP contribution >= 0.6 is 0 Å². The summed E-state index contributed by atoms with van der Waals surface area (Å²) in [5.41, 5.74) is 1.31. The molecule has 28 heavy (non-hydrogen) atoms. The summed E-state index contributed by atoms with van der Waals surface area (Å²) in [6.07, 6.45) is 0. The van der Waals surface area contributed by atoms with Gasteiger partial charge < -0.3 is 14.8 Å². The Morgan fingerprint density at radius 1 is 1.11 bits per heavy atom. The fourth-order valence-electron chi connectivity index (χ4n) is 2.15. The van der Waals surface area contributed by atoms with Gasteiger partial charge in [-0.2, -0.15) is 4.72 Å². The molecule has 2 rings (SSSR count). The third-order valence-electron chi connectivity index (χ3n) is 3.52. The number of carbonyl (C=O) groups is 2. The van der Waals surface area contributed by atoms with E-state index in [0.717, 1.165) is 29.8 Å². The van der Waals surface area contributed by atoms with Gasteiger partial charge in [0.2, 0.25) is 10.0 Å². The molecule has 8 nitrogen and oxygen atoms in total. The Balaban J connectivity index is 1.84. The van der Waals surface area contributed by atoms with E-state index in [4.69, 9.17) is 9.47 Å². The number of nitrogens with one attached hydrogen (secondary N) is 2. The molecule has 0 aliphatic carbocycles. The van der Waals surface area contributed by atoms with Crippen LogP contribution in [0.2, 0.25) is 0 Å². The molecule has 10 heteroatoms. The van der Waals surface area contributed by atoms with Crippen molar-refractivity contribution >= 4 is 27.6 Å². The van der Waals surface area contributed by atoms with Crippen molar-refractivity contribution in [2.24, 2.45) is 0 Å². The Hall–Kier alpha value is -2.98. The smallest absolute Gasteiger partial charge is 0.321 e. The molecule has 2 N–H and O–H groups in total. The van der Waals surface area contributed by atoms with E-state index in [1.807, 2.05) is 17.7 Å². The maximum atomic E-state index is 12.9. The predicted octanol–water partition coefficient (Wildman–Crippen LogP) is 1.60. The second kappa shape index (κ2) is 9.29. The number of aryl methyl sites for hydroxylation is 1. The summed E-state index contributed by atoms with van der Waals surface area (Å²) >= 11 is 0. The third kappa shape index (κ3) is 6.03. The van der Waals surface area contributed by atoms with E-state index in [1.165, 1.54) is 7.11 Å². The Kier molecular flexibility index (Phi) is 7.07. The van der Waals surface area contributed by atoms with Crippen LogP contribution in [0.5, 0.6) is 5.75 Å². The molecule has 0 heterocycles. The molecule has 1 amide bonds. The van der Waals surface area contributed by atoms with E-state index in [9.17, 15) is 22.4 Å². The van der Waals surface area contributed by atoms with Gasteiger partial charge in [0.1, 0.15) is 18.1 Å². The van der Waals surface area contributed by atoms with Gasteiger partial charge in [0.05, 0.1) is 17.7 Å². The quantitative estimate of drug-likeness (QED) is 0.640. The number of ether oxygens (including phenoxy) is 2. The van der Waals surface area contributed by atoms with Crippen LogP contribution in [-0.4, -0.2) is 40.6 Å². The Morgan fingerprint density at radius 3 is 2.43 bits per heavy atom. The number of esters is 1. The van der Waals surface area contributed by atoms with Crippen molar-refractivity contribution in [1.29, 1.82) is 0 Å². The number of hydrogen-bond acceptors (Lipinski definition) is 6. The number of rotatable bonds is 8. The standard InChI is InChI=1S/C18H19FN2O6S/c1-12-3-8-16(26-2)15(9-12)21-17(22)11-27-18(23)10-20-28(24,25)14-6-4-13(19)5-7-14/h3-9,20H,10-11H2,1-2H3,(H,21,22). The fraction of sp³-hybridized carbons (Fsp3) is 0.222. The number of methoxy groups -OCH3 is 1. The van der Waals surface area contributed by atoms with Crippen LogP contribution in [-0.2, 0) is 24.3 Å². The summed E-state index contributed by atoms with van der Waals surface area (Å²) in [7, 11) is -2.56. The zero-order valence-electron chi connectivity index (χ0n) is 15.2. The van der Waals surface area contributed by atoms with Crippen LogP contribution < -0.4 is 14.8 Å². The Bertz CT molecular complexity index is 961. The molecule has 0 saturated heterocycles. The van der Waals surface area contributed by atoms with Crippen LogP contribution in [0, 0.1) is 12.7 Å². The molecule has 0 aliphatic rings. The van der Waals surface area contributed by atoms with Crippen molar-refractivity contribution in [3.05, 3.63) is 53.8 Å². The highest BCUT2D eigenvalue weighted by molar-refractivity contribution is 7.89. The average Bonchev–Trinajstić information content (AvgIpc) is 2.65. The third-order valence-corrected chi connectivity index (χ3v) is 4.94. The fourth-order valence-corrected chi connectivity index (χ4v) is 3.12. The summed E-state index contributed by atoms with van der Waals surface area (Å²) in [5.74, 6) is -1.71. The lowest BCUT2D eigenvalue weighted by Gasteiger charge is -2.11. The minimum atomic E-state index is -4.01. The molecule has 150 valence electrons. The van der Waals surface area contributed by atoms with Crippen molar-refractivity contribution in [2.75, 3.05) is 25.6 Å². The van der Waals surface area contributed by atoms with Crippen LogP contribution in [0.1, 0.15) is 5.56 Å². The van der Waals surface area contributed by atoms with Crippen molar-refractivity contribution < 1.29 is 31.9 Å². The normalized spacial score (nSPS) is 11.0. The summed E-state index contributed by atoms with van der Waals surface area (Å²) in [6, 6.07) is 9.27. The molecule has 0 bridgehead atoms. The average molecular weight is 410 g/mol. The number of hydrogen-bond donors (Lipinski definition) is 2. The molecule has 0 fully saturated rings. The predicted molar refractivity (Wildman–Crippen MR) is 98.9 cm³/mol. The summed E-state index contributed by atoms with van der Waals surface area (Å²) in [6.45, 7) is 0.553. The van der Waals surface area contributed by atoms with Gasteiger partial charge in [0.15, 0.2) is 6.61 Å². The lowest BCUT2D eigenvalue weighted by Crippen LogP contribution is -2.32. The molecule has 0 saturated carbocycles. The molecule has 0 unspecified atom stereocenters. The van der Waals surface area contributed by atoms with E-state index in [1.54, 1.807) is 12.1 Å². The zero-order chi connectivity index (χ0) is 20.7. The van der Waals surface area contributed by atoms with E-state index < -0.39 is 40.9 Å². The first-order chi connectivity index (χ1) is 13.2. The van der Waals surface area contributed by atoms with Gasteiger partial charge in [0.25, 0.3) is 5.91 Å². The lowest BCUT2D eigenvalue weighted by atomic mass is 10.2. The SMILES string of the molecule is COc1ccc(C)cc1NC(=O)COC(=O)CNS(=O)(=O)c1ccc(F)cc1. The number of anilines is 1. The minimum absolute atomic E-state index is 0.203. The Morgan fingerprint density at radius 2 is 1.79 bits per heavy atom. The summed E-state index contributed by atoms with van der Waals surface area (Å²) in [5, 5.41) is 2.55. The highest BCUT2D eigenvalue weighted by Gasteiger charge is 2.17. The molecular weight excluding hydrogens is 391 g/mol. The monoisotopic (exact) mass is 410 g/mol. The van der Waals surface area contributed by atoms with Crippen LogP contribution in [0.25, 0.3) is 0 Å². The molecule has 2 aromatic carbocycles. The highest BCUT2D eigenvalue weighted by Crippen LogP contribution is 2.25. The van der Waals surface area contributed by atoms with Gasteiger partial charge in [-0.1, -0.05) is 6.07 Å². The van der Waals surface area contributed by atoms with Crippen LogP contribution in [0.15, 0.2) is 47.4 Å². The van der Waals surface area contributed by atoms with Gasteiger partial charge in [0, 0.05) is 0 Å². The number of amides is 1. The first-order valence-corrected chi connectivity index (χ1v) is 9.55. The number of sulfonamides is 1. The first kappa shape index (κ1) is 21.3. The maximum absolute atomic E-state index is 12.9. The number of halogens is 1. The molecular formula is C18H19FN2O6S. The van der Waals surface area contributed by atoms with Gasteiger partial charge in [-0.25, -0.2) is 12.8 Å². The Labute approximate surface area is 161 Å². The first-order valence-electron chi connectivity index (χ1n) is 8.06. The molecule has 0 aromatic heterocycles. The lowest BCUT2D eigenvalue weighted by molar-refractivity contribution is -0.146. The molecule has 0 aliphatic heterocycles. The van der Waals surface area contributed by atoms with Gasteiger partial charge in [-0.3, -0.25) is 9.59 Å². The van der Waals surface area contributed by atoms with Crippen molar-refractivity contribution in [2.45, 2.75) is 11.8 Å². The van der Waals surface area contributed by atoms with Gasteiger partial charge >= 0.3 is 5.97 Å². The molecule has 0 atom stereocenters. The van der Waals surface area contributed by atoms with Crippen molar-refractivity contribution in [3.63, 3.8) is 0 Å². The van der Waals surface area contributed by atoms with Crippen LogP contribution in [0.3, 0.4) is 0 Å². The molecule has 2 aromatic rings. The van der Waals surface area contributed by atoms with E-state index >= 15 is 0 Å². The van der Waals surface area contributed by atoms with Gasteiger partial charge in [-0.15, -0.1) is 0 Å². The molecule has 0 radical (unpaired) electrons. The van der Waals surface area contributed by atoms with E-state index in [0.29, 0.717) is 11.4 Å². The van der Waals surface area contributed by atoms with Crippen molar-refractivity contribution in [3.8, 4) is 5.75 Å². The van der Waals surface area contributed by atoms with E-state index in [-0.39, 0.29) is 4.90 Å². The van der Waals surface area contributed by atoms with Gasteiger partial charge in [-0.05, 0) is 48.9 Å². The maximum Gasteiger partial charge on any atom is 0.321 e. The summed E-state index contributed by atoms with van der Waals surface area (Å²) in [4.78, 5) is 23.4. The van der Waals surface area contributed by atoms with Crippen LogP contribution in [0.4, 0.5) is 10.1 Å². The topological polar surface area (TPSA) is 111 Å². The number of carbonyl (C=O) groups excluding carboxylic acids is 2. The second-order valence-corrected chi connectivity index (χ2v) is 7.46. The number of benzene rings is 2. The molecule has 0 spiro atoms. The largest absolute Gasteiger partial charge is 0.495 e. The second-order valence-electron chi connectivity index (χ2n) is 5.69. The minimum Gasteiger partial charge on any atom is -0.495 e. The van der Waals surface area contributed by atoms with Crippen molar-refractivity contribution in [1.82, 2.24) is 4.72 Å². The highest BCUT2D eigenvalue weighted by atomic mass is 32.2. The van der Waals surface area contributed by atoms with E-state index in [2.05, 4.69) is 5.32 Å².